The van der Waals surface area contributed by atoms with Gasteiger partial charge in [-0.05, 0) is 62.9 Å². The molecule has 0 amide bonds. The van der Waals surface area contributed by atoms with Crippen LogP contribution < -0.4 is 15.2 Å². The van der Waals surface area contributed by atoms with E-state index < -0.39 is 0 Å². The second kappa shape index (κ2) is 10.0. The van der Waals surface area contributed by atoms with E-state index in [1.54, 1.807) is 0 Å². The summed E-state index contributed by atoms with van der Waals surface area (Å²) >= 11 is 0. The van der Waals surface area contributed by atoms with Gasteiger partial charge < -0.3 is 9.73 Å². The first-order chi connectivity index (χ1) is 15.7. The van der Waals surface area contributed by atoms with Gasteiger partial charge in [-0.15, -0.1) is 0 Å². The third-order valence-corrected chi connectivity index (χ3v) is 6.30. The minimum absolute atomic E-state index is 0.887. The van der Waals surface area contributed by atoms with Gasteiger partial charge in [-0.1, -0.05) is 37.6 Å². The zero-order valence-corrected chi connectivity index (χ0v) is 19.9. The molecule has 3 heteroatoms. The molecule has 0 unspecified atom stereocenters. The monoisotopic (exact) mass is 427 g/mol. The molecule has 2 aromatic carbocycles. The Kier molecular flexibility index (Phi) is 6.94. The average molecular weight is 428 g/mol. The molecule has 1 N–H and O–H groups in total. The minimum Gasteiger partial charge on any atom is -0.456 e. The SMILES string of the molecule is CCCCc1ccccc1-c1c2ccc(=[N+](CC)CC)cc-2oc2cc(NCC)ccc12. The van der Waals surface area contributed by atoms with Crippen LogP contribution in [0.3, 0.4) is 0 Å². The van der Waals surface area contributed by atoms with Crippen molar-refractivity contribution in [3.63, 3.8) is 0 Å². The summed E-state index contributed by atoms with van der Waals surface area (Å²) in [5, 5.41) is 5.80. The highest BCUT2D eigenvalue weighted by Crippen LogP contribution is 2.41. The van der Waals surface area contributed by atoms with Gasteiger partial charge in [0.1, 0.15) is 24.4 Å². The summed E-state index contributed by atoms with van der Waals surface area (Å²) in [6.45, 7) is 11.6. The molecule has 0 fully saturated rings. The number of rotatable bonds is 8. The first kappa shape index (κ1) is 22.1. The highest BCUT2D eigenvalue weighted by atomic mass is 16.3. The molecule has 0 bridgehead atoms. The third kappa shape index (κ3) is 4.29. The van der Waals surface area contributed by atoms with Gasteiger partial charge in [-0.3, -0.25) is 0 Å². The van der Waals surface area contributed by atoms with Gasteiger partial charge in [0, 0.05) is 40.9 Å². The largest absolute Gasteiger partial charge is 0.456 e. The summed E-state index contributed by atoms with van der Waals surface area (Å²) in [5.41, 5.74) is 7.20. The fraction of sp³-hybridized carbons (Fsp3) is 0.345. The van der Waals surface area contributed by atoms with E-state index in [9.17, 15) is 0 Å². The number of benzene rings is 3. The number of fused-ring (bicyclic) bond motifs is 2. The van der Waals surface area contributed by atoms with Crippen molar-refractivity contribution in [2.24, 2.45) is 0 Å². The van der Waals surface area contributed by atoms with Crippen molar-refractivity contribution >= 4 is 16.7 Å². The Bertz CT molecular complexity index is 1250. The lowest BCUT2D eigenvalue weighted by Gasteiger charge is -2.18. The molecule has 32 heavy (non-hydrogen) atoms. The first-order valence-electron chi connectivity index (χ1n) is 12.1. The molecular formula is C29H35N2O+. The van der Waals surface area contributed by atoms with Gasteiger partial charge in [0.15, 0.2) is 0 Å². The van der Waals surface area contributed by atoms with Crippen LogP contribution in [0.25, 0.3) is 33.4 Å². The highest BCUT2D eigenvalue weighted by molar-refractivity contribution is 6.03. The Hall–Kier alpha value is -3.07. The van der Waals surface area contributed by atoms with Crippen molar-refractivity contribution in [1.29, 1.82) is 0 Å². The number of unbranched alkanes of at least 4 members (excludes halogenated alkanes) is 1. The third-order valence-electron chi connectivity index (χ3n) is 6.30. The van der Waals surface area contributed by atoms with Crippen molar-refractivity contribution in [2.45, 2.75) is 47.0 Å². The molecule has 0 saturated carbocycles. The van der Waals surface area contributed by atoms with Crippen LogP contribution in [-0.2, 0) is 6.42 Å². The molecule has 0 aromatic heterocycles. The van der Waals surface area contributed by atoms with Crippen LogP contribution in [0.15, 0.2) is 65.1 Å². The van der Waals surface area contributed by atoms with Crippen LogP contribution in [0.4, 0.5) is 5.69 Å². The lowest BCUT2D eigenvalue weighted by Crippen LogP contribution is -2.29. The predicted octanol–water partition coefficient (Wildman–Crippen LogP) is 6.79. The van der Waals surface area contributed by atoms with Gasteiger partial charge in [-0.2, -0.15) is 0 Å². The van der Waals surface area contributed by atoms with E-state index in [2.05, 4.69) is 98.3 Å². The maximum absolute atomic E-state index is 6.53. The van der Waals surface area contributed by atoms with Gasteiger partial charge >= 0.3 is 0 Å². The van der Waals surface area contributed by atoms with Crippen LogP contribution in [0.1, 0.15) is 46.1 Å². The Labute approximate surface area is 191 Å². The fourth-order valence-electron chi connectivity index (χ4n) is 4.62. The minimum atomic E-state index is 0.887. The summed E-state index contributed by atoms with van der Waals surface area (Å²) in [6.07, 6.45) is 3.48. The summed E-state index contributed by atoms with van der Waals surface area (Å²) < 4.78 is 8.89. The smallest absolute Gasteiger partial charge is 0.203 e. The molecule has 0 radical (unpaired) electrons. The number of hydrogen-bond acceptors (Lipinski definition) is 2. The van der Waals surface area contributed by atoms with Crippen LogP contribution in [-0.4, -0.2) is 19.6 Å². The van der Waals surface area contributed by atoms with Crippen molar-refractivity contribution < 1.29 is 4.42 Å². The van der Waals surface area contributed by atoms with Gasteiger partial charge in [0.05, 0.1) is 6.07 Å². The maximum Gasteiger partial charge on any atom is 0.203 e. The summed E-state index contributed by atoms with van der Waals surface area (Å²) in [4.78, 5) is 0. The molecule has 2 aromatic rings. The molecule has 0 saturated heterocycles. The Balaban J connectivity index is 2.07. The molecule has 4 rings (SSSR count). The van der Waals surface area contributed by atoms with Crippen molar-refractivity contribution in [2.75, 3.05) is 25.0 Å². The molecule has 1 heterocycles. The van der Waals surface area contributed by atoms with E-state index in [0.29, 0.717) is 0 Å². The number of nitrogens with one attached hydrogen (secondary N) is 1. The fourth-order valence-corrected chi connectivity index (χ4v) is 4.62. The molecule has 3 nitrogen and oxygen atoms in total. The van der Waals surface area contributed by atoms with Crippen molar-refractivity contribution in [3.05, 3.63) is 71.6 Å². The summed E-state index contributed by atoms with van der Waals surface area (Å²) in [6, 6.07) is 22.1. The van der Waals surface area contributed by atoms with E-state index in [1.807, 2.05) is 0 Å². The van der Waals surface area contributed by atoms with Crippen LogP contribution in [0.2, 0.25) is 0 Å². The topological polar surface area (TPSA) is 28.2 Å². The van der Waals surface area contributed by atoms with Crippen molar-refractivity contribution in [1.82, 2.24) is 4.58 Å². The van der Waals surface area contributed by atoms with Crippen LogP contribution in [0, 0.1) is 0 Å². The average Bonchev–Trinajstić information content (AvgIpc) is 2.82. The van der Waals surface area contributed by atoms with E-state index in [1.165, 1.54) is 45.8 Å². The number of anilines is 1. The second-order valence-corrected chi connectivity index (χ2v) is 8.33. The van der Waals surface area contributed by atoms with Gasteiger partial charge in [0.2, 0.25) is 5.36 Å². The molecule has 0 atom stereocenters. The van der Waals surface area contributed by atoms with Gasteiger partial charge in [0.25, 0.3) is 0 Å². The standard InChI is InChI=1S/C29H34N2O/c1-5-9-12-21-13-10-11-14-24(21)29-25-17-15-22(30-6-2)19-27(25)32-28-20-23(16-18-26(28)29)31(7-3)8-4/h10-11,13-20H,5-9,12H2,1-4H3/p+1. The molecule has 0 spiro atoms. The summed E-state index contributed by atoms with van der Waals surface area (Å²) in [5.74, 6) is 0.941. The molecule has 1 aliphatic carbocycles. The Morgan fingerprint density at radius 2 is 1.66 bits per heavy atom. The number of hydrogen-bond donors (Lipinski definition) is 1. The quantitative estimate of drug-likeness (QED) is 0.248. The van der Waals surface area contributed by atoms with E-state index in [4.69, 9.17) is 4.42 Å². The van der Waals surface area contributed by atoms with Gasteiger partial charge in [-0.25, -0.2) is 4.58 Å². The number of aryl methyl sites for hydroxylation is 1. The maximum atomic E-state index is 6.53. The van der Waals surface area contributed by atoms with Crippen molar-refractivity contribution in [3.8, 4) is 22.5 Å². The Morgan fingerprint density at radius 3 is 2.41 bits per heavy atom. The molecular weight excluding hydrogens is 392 g/mol. The zero-order valence-electron chi connectivity index (χ0n) is 19.9. The summed E-state index contributed by atoms with van der Waals surface area (Å²) in [7, 11) is 0. The first-order valence-corrected chi connectivity index (χ1v) is 12.1. The highest BCUT2D eigenvalue weighted by Gasteiger charge is 2.20. The predicted molar refractivity (Wildman–Crippen MR) is 137 cm³/mol. The number of nitrogens with zero attached hydrogens (tertiary/aromatic N) is 1. The van der Waals surface area contributed by atoms with E-state index >= 15 is 0 Å². The Morgan fingerprint density at radius 1 is 0.844 bits per heavy atom. The second-order valence-electron chi connectivity index (χ2n) is 8.33. The van der Waals surface area contributed by atoms with Crippen LogP contribution >= 0.6 is 0 Å². The lowest BCUT2D eigenvalue weighted by atomic mass is 9.89. The molecule has 1 aliphatic heterocycles. The van der Waals surface area contributed by atoms with E-state index in [0.717, 1.165) is 43.1 Å². The van der Waals surface area contributed by atoms with Crippen LogP contribution in [0.5, 0.6) is 0 Å². The van der Waals surface area contributed by atoms with E-state index in [-0.39, 0.29) is 0 Å². The lowest BCUT2D eigenvalue weighted by molar-refractivity contribution is 0.605. The molecule has 2 aliphatic rings. The normalized spacial score (nSPS) is 11.2. The molecule has 166 valence electrons. The zero-order chi connectivity index (χ0) is 22.5.